The molecule has 0 aliphatic carbocycles. The number of para-hydroxylation sites is 2. The summed E-state index contributed by atoms with van der Waals surface area (Å²) in [6.07, 6.45) is 5.38. The molecule has 0 atom stereocenters. The fraction of sp³-hybridized carbons (Fsp3) is 0.350. The van der Waals surface area contributed by atoms with E-state index < -0.39 is 0 Å². The number of hydrogen-bond acceptors (Lipinski definition) is 4. The van der Waals surface area contributed by atoms with Crippen LogP contribution in [0.1, 0.15) is 24.4 Å². The van der Waals surface area contributed by atoms with Crippen LogP contribution in [0.3, 0.4) is 0 Å². The number of amides is 1. The van der Waals surface area contributed by atoms with E-state index in [2.05, 4.69) is 22.6 Å². The van der Waals surface area contributed by atoms with E-state index in [0.29, 0.717) is 11.8 Å². The van der Waals surface area contributed by atoms with Gasteiger partial charge >= 0.3 is 0 Å². The fourth-order valence-corrected chi connectivity index (χ4v) is 2.97. The van der Waals surface area contributed by atoms with Crippen LogP contribution in [0.25, 0.3) is 6.08 Å². The predicted octanol–water partition coefficient (Wildman–Crippen LogP) is 3.75. The summed E-state index contributed by atoms with van der Waals surface area (Å²) in [5.74, 6) is 1.32. The number of furan rings is 1. The van der Waals surface area contributed by atoms with Gasteiger partial charge in [-0.15, -0.1) is 0 Å². The Morgan fingerprint density at radius 1 is 1.16 bits per heavy atom. The van der Waals surface area contributed by atoms with Gasteiger partial charge in [0.25, 0.3) is 0 Å². The van der Waals surface area contributed by atoms with Crippen LogP contribution < -0.4 is 10.6 Å². The molecule has 2 aromatic rings. The SMILES string of the molecule is Cc1ccc(/C=C/C(=O)Nc2ccccc2NC2CCN(C)CC2)o1. The largest absolute Gasteiger partial charge is 0.462 e. The van der Waals surface area contributed by atoms with Gasteiger partial charge in [-0.1, -0.05) is 12.1 Å². The predicted molar refractivity (Wildman–Crippen MR) is 102 cm³/mol. The first kappa shape index (κ1) is 17.3. The summed E-state index contributed by atoms with van der Waals surface area (Å²) in [7, 11) is 2.15. The van der Waals surface area contributed by atoms with Crippen molar-refractivity contribution in [2.75, 3.05) is 30.8 Å². The lowest BCUT2D eigenvalue weighted by atomic mass is 10.0. The third-order valence-electron chi connectivity index (χ3n) is 4.42. The number of benzene rings is 1. The summed E-state index contributed by atoms with van der Waals surface area (Å²) in [6.45, 7) is 4.07. The maximum atomic E-state index is 12.2. The molecule has 2 N–H and O–H groups in total. The van der Waals surface area contributed by atoms with Crippen LogP contribution in [0.2, 0.25) is 0 Å². The zero-order valence-electron chi connectivity index (χ0n) is 14.8. The lowest BCUT2D eigenvalue weighted by molar-refractivity contribution is -0.111. The minimum Gasteiger partial charge on any atom is -0.462 e. The first-order valence-electron chi connectivity index (χ1n) is 8.70. The topological polar surface area (TPSA) is 57.5 Å². The normalized spacial score (nSPS) is 16.2. The summed E-state index contributed by atoms with van der Waals surface area (Å²) in [6, 6.07) is 12.0. The third-order valence-corrected chi connectivity index (χ3v) is 4.42. The molecule has 1 amide bonds. The molecule has 1 aliphatic heterocycles. The van der Waals surface area contributed by atoms with Gasteiger partial charge in [-0.05, 0) is 70.2 Å². The van der Waals surface area contributed by atoms with Gasteiger partial charge in [0, 0.05) is 12.1 Å². The van der Waals surface area contributed by atoms with Gasteiger partial charge in [0.1, 0.15) is 11.5 Å². The number of piperidine rings is 1. The van der Waals surface area contributed by atoms with E-state index in [0.717, 1.165) is 43.1 Å². The molecule has 1 aromatic heterocycles. The highest BCUT2D eigenvalue weighted by Gasteiger charge is 2.17. The molecule has 1 saturated heterocycles. The van der Waals surface area contributed by atoms with Crippen molar-refractivity contribution in [3.05, 3.63) is 54.0 Å². The van der Waals surface area contributed by atoms with Crippen molar-refractivity contribution in [1.29, 1.82) is 0 Å². The Balaban J connectivity index is 1.62. The van der Waals surface area contributed by atoms with Crippen LogP contribution in [-0.2, 0) is 4.79 Å². The van der Waals surface area contributed by atoms with Gasteiger partial charge in [-0.25, -0.2) is 0 Å². The van der Waals surface area contributed by atoms with Gasteiger partial charge in [0.15, 0.2) is 0 Å². The molecule has 3 rings (SSSR count). The van der Waals surface area contributed by atoms with Gasteiger partial charge < -0.3 is 20.0 Å². The first-order valence-corrected chi connectivity index (χ1v) is 8.70. The average molecular weight is 339 g/mol. The molecule has 25 heavy (non-hydrogen) atoms. The molecule has 132 valence electrons. The van der Waals surface area contributed by atoms with E-state index in [-0.39, 0.29) is 5.91 Å². The fourth-order valence-electron chi connectivity index (χ4n) is 2.97. The van der Waals surface area contributed by atoms with E-state index >= 15 is 0 Å². The van der Waals surface area contributed by atoms with E-state index in [1.54, 1.807) is 6.08 Å². The van der Waals surface area contributed by atoms with Crippen LogP contribution in [-0.4, -0.2) is 37.0 Å². The number of aryl methyl sites for hydroxylation is 1. The Morgan fingerprint density at radius 3 is 2.56 bits per heavy atom. The molecule has 5 nitrogen and oxygen atoms in total. The van der Waals surface area contributed by atoms with Crippen molar-refractivity contribution in [2.45, 2.75) is 25.8 Å². The second-order valence-electron chi connectivity index (χ2n) is 6.54. The molecule has 0 spiro atoms. The highest BCUT2D eigenvalue weighted by atomic mass is 16.3. The highest BCUT2D eigenvalue weighted by Crippen LogP contribution is 2.24. The number of rotatable bonds is 5. The quantitative estimate of drug-likeness (QED) is 0.815. The zero-order chi connectivity index (χ0) is 17.6. The lowest BCUT2D eigenvalue weighted by Gasteiger charge is -2.30. The average Bonchev–Trinajstić information content (AvgIpc) is 3.02. The second-order valence-corrected chi connectivity index (χ2v) is 6.54. The minimum absolute atomic E-state index is 0.174. The van der Waals surface area contributed by atoms with Gasteiger partial charge in [0.2, 0.25) is 5.91 Å². The summed E-state index contributed by atoms with van der Waals surface area (Å²) in [4.78, 5) is 14.5. The van der Waals surface area contributed by atoms with Crippen molar-refractivity contribution in [3.63, 3.8) is 0 Å². The Labute approximate surface area is 148 Å². The molecule has 5 heteroatoms. The van der Waals surface area contributed by atoms with Crippen LogP contribution in [0, 0.1) is 6.92 Å². The zero-order valence-corrected chi connectivity index (χ0v) is 14.8. The molecule has 1 fully saturated rings. The summed E-state index contributed by atoms with van der Waals surface area (Å²) in [5.41, 5.74) is 1.76. The molecule has 2 heterocycles. The van der Waals surface area contributed by atoms with Gasteiger partial charge in [-0.3, -0.25) is 4.79 Å². The lowest BCUT2D eigenvalue weighted by Crippen LogP contribution is -2.36. The summed E-state index contributed by atoms with van der Waals surface area (Å²) in [5, 5.41) is 6.51. The smallest absolute Gasteiger partial charge is 0.248 e. The standard InChI is InChI=1S/C20H25N3O2/c1-15-7-8-17(25-15)9-10-20(24)22-19-6-4-3-5-18(19)21-16-11-13-23(2)14-12-16/h3-10,16,21H,11-14H2,1-2H3,(H,22,24)/b10-9+. The molecular formula is C20H25N3O2. The molecule has 1 aromatic carbocycles. The summed E-state index contributed by atoms with van der Waals surface area (Å²) >= 11 is 0. The van der Waals surface area contributed by atoms with Crippen LogP contribution in [0.4, 0.5) is 11.4 Å². The third kappa shape index (κ3) is 4.97. The van der Waals surface area contributed by atoms with Crippen LogP contribution in [0.15, 0.2) is 46.9 Å². The van der Waals surface area contributed by atoms with Crippen molar-refractivity contribution < 1.29 is 9.21 Å². The highest BCUT2D eigenvalue weighted by molar-refractivity contribution is 6.03. The van der Waals surface area contributed by atoms with E-state index in [1.165, 1.54) is 6.08 Å². The monoisotopic (exact) mass is 339 g/mol. The Hall–Kier alpha value is -2.53. The molecule has 0 radical (unpaired) electrons. The van der Waals surface area contributed by atoms with E-state index in [1.807, 2.05) is 43.3 Å². The number of hydrogen-bond donors (Lipinski definition) is 2. The van der Waals surface area contributed by atoms with Crippen molar-refractivity contribution >= 4 is 23.4 Å². The summed E-state index contributed by atoms with van der Waals surface area (Å²) < 4.78 is 5.43. The number of likely N-dealkylation sites (tertiary alicyclic amines) is 1. The Bertz CT molecular complexity index is 743. The minimum atomic E-state index is -0.174. The van der Waals surface area contributed by atoms with E-state index in [9.17, 15) is 4.79 Å². The van der Waals surface area contributed by atoms with Gasteiger partial charge in [-0.2, -0.15) is 0 Å². The molecular weight excluding hydrogens is 314 g/mol. The van der Waals surface area contributed by atoms with Crippen LogP contribution >= 0.6 is 0 Å². The Kier molecular flexibility index (Phi) is 5.56. The van der Waals surface area contributed by atoms with Crippen molar-refractivity contribution in [1.82, 2.24) is 4.90 Å². The molecule has 0 saturated carbocycles. The number of anilines is 2. The van der Waals surface area contributed by atoms with Gasteiger partial charge in [0.05, 0.1) is 11.4 Å². The number of nitrogens with zero attached hydrogens (tertiary/aromatic N) is 1. The first-order chi connectivity index (χ1) is 12.1. The maximum Gasteiger partial charge on any atom is 0.248 e. The van der Waals surface area contributed by atoms with Crippen molar-refractivity contribution in [2.24, 2.45) is 0 Å². The van der Waals surface area contributed by atoms with Crippen LogP contribution in [0.5, 0.6) is 0 Å². The van der Waals surface area contributed by atoms with Crippen molar-refractivity contribution in [3.8, 4) is 0 Å². The number of carbonyl (C=O) groups excluding carboxylic acids is 1. The van der Waals surface area contributed by atoms with E-state index in [4.69, 9.17) is 4.42 Å². The number of carbonyl (C=O) groups is 1. The molecule has 0 unspecified atom stereocenters. The second kappa shape index (κ2) is 8.03. The molecule has 0 bridgehead atoms. The molecule has 1 aliphatic rings. The number of nitrogens with one attached hydrogen (secondary N) is 2. The Morgan fingerprint density at radius 2 is 1.88 bits per heavy atom. The maximum absolute atomic E-state index is 12.2.